The van der Waals surface area contributed by atoms with E-state index in [1.807, 2.05) is 19.3 Å². The van der Waals surface area contributed by atoms with Gasteiger partial charge in [0.25, 0.3) is 0 Å². The molecule has 1 aromatic heterocycles. The average molecular weight is 382 g/mol. The largest absolute Gasteiger partial charge is 0.366 e. The van der Waals surface area contributed by atoms with Crippen molar-refractivity contribution in [3.63, 3.8) is 0 Å². The van der Waals surface area contributed by atoms with Crippen molar-refractivity contribution in [2.45, 2.75) is 66.0 Å². The normalized spacial score (nSPS) is 30.3. The Morgan fingerprint density at radius 2 is 1.82 bits per heavy atom. The summed E-state index contributed by atoms with van der Waals surface area (Å²) in [5.74, 6) is 2.59. The van der Waals surface area contributed by atoms with E-state index in [0.717, 1.165) is 34.6 Å². The SMILES string of the molecule is CC1=NC(C)C=C1c1cnc(N[C@H]2C[C@@H]3CN(CCC(C)(C)C)C[C@@H]3C2)cn1. The van der Waals surface area contributed by atoms with Crippen LogP contribution in [0.4, 0.5) is 5.82 Å². The summed E-state index contributed by atoms with van der Waals surface area (Å²) < 4.78 is 0. The molecule has 0 amide bonds. The Morgan fingerprint density at radius 1 is 1.11 bits per heavy atom. The molecule has 0 aromatic carbocycles. The van der Waals surface area contributed by atoms with Gasteiger partial charge in [-0.05, 0) is 63.0 Å². The van der Waals surface area contributed by atoms with Crippen LogP contribution in [0.25, 0.3) is 5.57 Å². The van der Waals surface area contributed by atoms with E-state index in [1.165, 1.54) is 38.9 Å². The fourth-order valence-electron chi connectivity index (χ4n) is 4.99. The number of aliphatic imine (C=N–C) groups is 1. The lowest BCUT2D eigenvalue weighted by Crippen LogP contribution is -2.28. The maximum atomic E-state index is 4.64. The highest BCUT2D eigenvalue weighted by Crippen LogP contribution is 2.39. The van der Waals surface area contributed by atoms with Gasteiger partial charge < -0.3 is 10.2 Å². The zero-order chi connectivity index (χ0) is 19.9. The third-order valence-electron chi connectivity index (χ3n) is 6.48. The molecule has 5 heteroatoms. The standard InChI is InChI=1S/C23H35N5/c1-15-8-20(16(2)26-15)21-11-25-22(12-24-21)27-19-9-17-13-28(14-18(17)10-19)7-6-23(3,4)5/h8,11-12,15,17-19H,6-7,9-10,13-14H2,1-5H3,(H,25,27)/t15?,17-,18+,19+. The number of allylic oxidation sites excluding steroid dienone is 1. The molecular weight excluding hydrogens is 346 g/mol. The molecule has 1 aromatic rings. The van der Waals surface area contributed by atoms with Crippen LogP contribution < -0.4 is 5.32 Å². The first-order valence-electron chi connectivity index (χ1n) is 10.8. The van der Waals surface area contributed by atoms with E-state index in [4.69, 9.17) is 0 Å². The van der Waals surface area contributed by atoms with Gasteiger partial charge in [-0.2, -0.15) is 0 Å². The monoisotopic (exact) mass is 381 g/mol. The lowest BCUT2D eigenvalue weighted by molar-refractivity contribution is 0.250. The summed E-state index contributed by atoms with van der Waals surface area (Å²) in [6.07, 6.45) is 9.74. The molecule has 0 spiro atoms. The molecule has 2 aliphatic heterocycles. The fourth-order valence-corrected chi connectivity index (χ4v) is 4.99. The van der Waals surface area contributed by atoms with Gasteiger partial charge in [-0.25, -0.2) is 4.98 Å². The minimum absolute atomic E-state index is 0.246. The van der Waals surface area contributed by atoms with Crippen molar-refractivity contribution in [1.82, 2.24) is 14.9 Å². The van der Waals surface area contributed by atoms with Gasteiger partial charge in [0.15, 0.2) is 0 Å². The van der Waals surface area contributed by atoms with Crippen molar-refractivity contribution in [2.24, 2.45) is 22.2 Å². The summed E-state index contributed by atoms with van der Waals surface area (Å²) >= 11 is 0. The molecule has 152 valence electrons. The molecule has 1 N–H and O–H groups in total. The Bertz CT molecular complexity index is 744. The number of aromatic nitrogens is 2. The highest BCUT2D eigenvalue weighted by molar-refractivity contribution is 6.23. The second kappa shape index (κ2) is 7.58. The third-order valence-corrected chi connectivity index (χ3v) is 6.48. The van der Waals surface area contributed by atoms with Crippen LogP contribution in [0.1, 0.15) is 59.6 Å². The zero-order valence-electron chi connectivity index (χ0n) is 18.1. The van der Waals surface area contributed by atoms with E-state index in [1.54, 1.807) is 0 Å². The Balaban J connectivity index is 1.28. The van der Waals surface area contributed by atoms with Gasteiger partial charge in [0.2, 0.25) is 0 Å². The summed E-state index contributed by atoms with van der Waals surface area (Å²) in [6, 6.07) is 0.782. The van der Waals surface area contributed by atoms with Crippen molar-refractivity contribution in [1.29, 1.82) is 0 Å². The van der Waals surface area contributed by atoms with Gasteiger partial charge in [0, 0.05) is 30.4 Å². The number of rotatable bonds is 5. The van der Waals surface area contributed by atoms with Gasteiger partial charge in [0.1, 0.15) is 5.82 Å². The number of nitrogens with zero attached hydrogens (tertiary/aromatic N) is 4. The van der Waals surface area contributed by atoms with Crippen LogP contribution in [0.3, 0.4) is 0 Å². The molecule has 1 saturated carbocycles. The van der Waals surface area contributed by atoms with Gasteiger partial charge in [-0.3, -0.25) is 9.98 Å². The Hall–Kier alpha value is -1.75. The minimum atomic E-state index is 0.246. The van der Waals surface area contributed by atoms with Crippen molar-refractivity contribution in [2.75, 3.05) is 25.0 Å². The summed E-state index contributed by atoms with van der Waals surface area (Å²) in [6.45, 7) is 15.0. The highest BCUT2D eigenvalue weighted by Gasteiger charge is 2.40. The molecule has 5 nitrogen and oxygen atoms in total. The molecule has 1 saturated heterocycles. The van der Waals surface area contributed by atoms with Gasteiger partial charge in [-0.1, -0.05) is 20.8 Å². The third kappa shape index (κ3) is 4.45. The van der Waals surface area contributed by atoms with Crippen LogP contribution in [0, 0.1) is 17.3 Å². The molecule has 3 aliphatic rings. The molecule has 28 heavy (non-hydrogen) atoms. The van der Waals surface area contributed by atoms with Crippen LogP contribution >= 0.6 is 0 Å². The molecule has 0 bridgehead atoms. The van der Waals surface area contributed by atoms with Crippen molar-refractivity contribution < 1.29 is 0 Å². The van der Waals surface area contributed by atoms with E-state index in [9.17, 15) is 0 Å². The molecule has 0 radical (unpaired) electrons. The van der Waals surface area contributed by atoms with E-state index in [0.29, 0.717) is 11.5 Å². The number of likely N-dealkylation sites (tertiary alicyclic amines) is 1. The maximum Gasteiger partial charge on any atom is 0.144 e. The summed E-state index contributed by atoms with van der Waals surface area (Å²) in [5.41, 5.74) is 3.54. The van der Waals surface area contributed by atoms with Crippen LogP contribution in [-0.2, 0) is 0 Å². The van der Waals surface area contributed by atoms with Gasteiger partial charge >= 0.3 is 0 Å². The number of nitrogens with one attached hydrogen (secondary N) is 1. The van der Waals surface area contributed by atoms with E-state index < -0.39 is 0 Å². The topological polar surface area (TPSA) is 53.4 Å². The van der Waals surface area contributed by atoms with Gasteiger partial charge in [-0.15, -0.1) is 0 Å². The van der Waals surface area contributed by atoms with E-state index >= 15 is 0 Å². The van der Waals surface area contributed by atoms with Crippen molar-refractivity contribution in [3.05, 3.63) is 24.2 Å². The number of hydrogen-bond acceptors (Lipinski definition) is 5. The number of anilines is 1. The van der Waals surface area contributed by atoms with Crippen LogP contribution in [-0.4, -0.2) is 52.3 Å². The Kier molecular flexibility index (Phi) is 5.30. The Labute approximate surface area is 169 Å². The second-order valence-electron chi connectivity index (χ2n) is 10.2. The fraction of sp³-hybridized carbons (Fsp3) is 0.696. The average Bonchev–Trinajstić information content (AvgIpc) is 3.26. The van der Waals surface area contributed by atoms with Crippen LogP contribution in [0.15, 0.2) is 23.5 Å². The van der Waals surface area contributed by atoms with Gasteiger partial charge in [0.05, 0.1) is 24.1 Å². The lowest BCUT2D eigenvalue weighted by atomic mass is 9.92. The smallest absolute Gasteiger partial charge is 0.144 e. The number of fused-ring (bicyclic) bond motifs is 1. The molecule has 1 aliphatic carbocycles. The van der Waals surface area contributed by atoms with E-state index in [-0.39, 0.29) is 6.04 Å². The predicted molar refractivity (Wildman–Crippen MR) is 117 cm³/mol. The summed E-state index contributed by atoms with van der Waals surface area (Å²) in [5, 5.41) is 3.64. The first-order chi connectivity index (χ1) is 13.3. The molecule has 2 fully saturated rings. The molecular formula is C23H35N5. The number of hydrogen-bond donors (Lipinski definition) is 1. The summed E-state index contributed by atoms with van der Waals surface area (Å²) in [4.78, 5) is 16.5. The molecule has 1 unspecified atom stereocenters. The second-order valence-corrected chi connectivity index (χ2v) is 10.2. The molecule has 4 atom stereocenters. The molecule has 3 heterocycles. The van der Waals surface area contributed by atoms with Crippen molar-refractivity contribution in [3.8, 4) is 0 Å². The first-order valence-corrected chi connectivity index (χ1v) is 10.8. The first kappa shape index (κ1) is 19.6. The highest BCUT2D eigenvalue weighted by atomic mass is 15.2. The summed E-state index contributed by atoms with van der Waals surface area (Å²) in [7, 11) is 0. The lowest BCUT2D eigenvalue weighted by Gasteiger charge is -2.24. The van der Waals surface area contributed by atoms with Crippen LogP contribution in [0.5, 0.6) is 0 Å². The predicted octanol–water partition coefficient (Wildman–Crippen LogP) is 4.28. The van der Waals surface area contributed by atoms with Crippen molar-refractivity contribution >= 4 is 17.1 Å². The maximum absolute atomic E-state index is 4.64. The minimum Gasteiger partial charge on any atom is -0.366 e. The zero-order valence-corrected chi connectivity index (χ0v) is 18.1. The van der Waals surface area contributed by atoms with Crippen LogP contribution in [0.2, 0.25) is 0 Å². The Morgan fingerprint density at radius 3 is 2.36 bits per heavy atom. The molecule has 4 rings (SSSR count). The quantitative estimate of drug-likeness (QED) is 0.827. The van der Waals surface area contributed by atoms with E-state index in [2.05, 4.69) is 58.9 Å².